The van der Waals surface area contributed by atoms with E-state index in [-0.39, 0.29) is 16.5 Å². The number of halogens is 2. The summed E-state index contributed by atoms with van der Waals surface area (Å²) in [5, 5.41) is -0.118. The zero-order valence-electron chi connectivity index (χ0n) is 11.8. The molecule has 0 amide bonds. The second-order valence-corrected chi connectivity index (χ2v) is 7.46. The molecule has 1 aromatic rings. The van der Waals surface area contributed by atoms with Gasteiger partial charge in [-0.1, -0.05) is 11.6 Å². The van der Waals surface area contributed by atoms with Crippen molar-refractivity contribution in [3.05, 3.63) is 28.5 Å². The number of hydrogen-bond acceptors (Lipinski definition) is 4. The van der Waals surface area contributed by atoms with Crippen LogP contribution in [0.4, 0.5) is 4.39 Å². The molecule has 1 heterocycles. The molecule has 5 nitrogen and oxygen atoms in total. The van der Waals surface area contributed by atoms with Crippen molar-refractivity contribution in [2.75, 3.05) is 33.2 Å². The first-order valence-corrected chi connectivity index (χ1v) is 8.54. The van der Waals surface area contributed by atoms with Gasteiger partial charge in [0.05, 0.1) is 9.92 Å². The highest BCUT2D eigenvalue weighted by Gasteiger charge is 2.27. The van der Waals surface area contributed by atoms with Crippen molar-refractivity contribution in [2.24, 2.45) is 5.73 Å². The number of rotatable bonds is 3. The minimum absolute atomic E-state index is 0.0121. The predicted molar refractivity (Wildman–Crippen MR) is 80.2 cm³/mol. The summed E-state index contributed by atoms with van der Waals surface area (Å²) in [6, 6.07) is 2.32. The molecule has 1 fully saturated rings. The summed E-state index contributed by atoms with van der Waals surface area (Å²) in [5.74, 6) is -0.759. The summed E-state index contributed by atoms with van der Waals surface area (Å²) in [6.45, 7) is 2.30. The van der Waals surface area contributed by atoms with Crippen molar-refractivity contribution in [3.63, 3.8) is 0 Å². The SMILES string of the molecule is CN1CCCN(S(=O)(=O)c2cc(F)c(Cl)c(CN)c2)CC1. The first-order valence-electron chi connectivity index (χ1n) is 6.73. The second kappa shape index (κ2) is 6.58. The maximum absolute atomic E-state index is 13.8. The molecule has 0 spiro atoms. The van der Waals surface area contributed by atoms with Crippen LogP contribution in [-0.2, 0) is 16.6 Å². The van der Waals surface area contributed by atoms with Gasteiger partial charge in [-0.05, 0) is 37.7 Å². The molecular weight excluding hydrogens is 317 g/mol. The molecule has 118 valence electrons. The van der Waals surface area contributed by atoms with E-state index in [0.717, 1.165) is 19.0 Å². The lowest BCUT2D eigenvalue weighted by molar-refractivity contribution is 0.347. The van der Waals surface area contributed by atoms with Crippen LogP contribution >= 0.6 is 11.6 Å². The fourth-order valence-electron chi connectivity index (χ4n) is 2.33. The fourth-order valence-corrected chi connectivity index (χ4v) is 4.05. The van der Waals surface area contributed by atoms with E-state index in [4.69, 9.17) is 17.3 Å². The van der Waals surface area contributed by atoms with Crippen molar-refractivity contribution < 1.29 is 12.8 Å². The first-order chi connectivity index (χ1) is 9.86. The molecule has 0 atom stereocenters. The molecule has 0 unspecified atom stereocenters. The standard InChI is InChI=1S/C13H19ClFN3O2S/c1-17-3-2-4-18(6-5-17)21(19,20)11-7-10(9-16)13(14)12(15)8-11/h7-8H,2-6,9,16H2,1H3. The maximum atomic E-state index is 13.8. The van der Waals surface area contributed by atoms with Crippen LogP contribution < -0.4 is 5.73 Å². The lowest BCUT2D eigenvalue weighted by Crippen LogP contribution is -2.34. The van der Waals surface area contributed by atoms with Crippen molar-refractivity contribution in [2.45, 2.75) is 17.9 Å². The number of hydrogen-bond donors (Lipinski definition) is 1. The van der Waals surface area contributed by atoms with Crippen molar-refractivity contribution in [3.8, 4) is 0 Å². The van der Waals surface area contributed by atoms with Gasteiger partial charge in [0.2, 0.25) is 10.0 Å². The third-order valence-electron chi connectivity index (χ3n) is 3.61. The van der Waals surface area contributed by atoms with Gasteiger partial charge in [0.15, 0.2) is 0 Å². The first kappa shape index (κ1) is 16.6. The Morgan fingerprint density at radius 2 is 2.00 bits per heavy atom. The van der Waals surface area contributed by atoms with Crippen LogP contribution in [0.15, 0.2) is 17.0 Å². The van der Waals surface area contributed by atoms with E-state index in [1.807, 2.05) is 7.05 Å². The molecule has 2 N–H and O–H groups in total. The molecule has 1 aliphatic heterocycles. The lowest BCUT2D eigenvalue weighted by Gasteiger charge is -2.21. The van der Waals surface area contributed by atoms with Crippen LogP contribution in [0.2, 0.25) is 5.02 Å². The molecule has 21 heavy (non-hydrogen) atoms. The van der Waals surface area contributed by atoms with Crippen molar-refractivity contribution in [1.82, 2.24) is 9.21 Å². The molecule has 0 aromatic heterocycles. The van der Waals surface area contributed by atoms with Gasteiger partial charge in [-0.15, -0.1) is 0 Å². The van der Waals surface area contributed by atoms with Crippen LogP contribution in [0.5, 0.6) is 0 Å². The molecular formula is C13H19ClFN3O2S. The molecule has 0 saturated carbocycles. The summed E-state index contributed by atoms with van der Waals surface area (Å²) in [7, 11) is -1.78. The van der Waals surface area contributed by atoms with Crippen LogP contribution in [0.25, 0.3) is 0 Å². The van der Waals surface area contributed by atoms with Crippen molar-refractivity contribution in [1.29, 1.82) is 0 Å². The second-order valence-electron chi connectivity index (χ2n) is 5.14. The average Bonchev–Trinajstić information content (AvgIpc) is 2.66. The summed E-state index contributed by atoms with van der Waals surface area (Å²) in [5.41, 5.74) is 5.78. The summed E-state index contributed by atoms with van der Waals surface area (Å²) < 4.78 is 40.4. The minimum Gasteiger partial charge on any atom is -0.326 e. The van der Waals surface area contributed by atoms with E-state index in [2.05, 4.69) is 4.90 Å². The largest absolute Gasteiger partial charge is 0.326 e. The zero-order chi connectivity index (χ0) is 15.6. The Bertz CT molecular complexity index is 624. The smallest absolute Gasteiger partial charge is 0.243 e. The van der Waals surface area contributed by atoms with E-state index in [1.165, 1.54) is 10.4 Å². The predicted octanol–water partition coefficient (Wildman–Crippen LogP) is 1.26. The molecule has 1 aromatic carbocycles. The molecule has 2 rings (SSSR count). The Hall–Kier alpha value is -0.730. The number of nitrogens with two attached hydrogens (primary N) is 1. The average molecular weight is 336 g/mol. The summed E-state index contributed by atoms with van der Waals surface area (Å²) in [6.07, 6.45) is 0.746. The number of sulfonamides is 1. The van der Waals surface area contributed by atoms with E-state index in [0.29, 0.717) is 25.2 Å². The van der Waals surface area contributed by atoms with E-state index < -0.39 is 15.8 Å². The Kier molecular flexibility index (Phi) is 5.21. The summed E-state index contributed by atoms with van der Waals surface area (Å²) >= 11 is 5.78. The maximum Gasteiger partial charge on any atom is 0.243 e. The van der Waals surface area contributed by atoms with Gasteiger partial charge < -0.3 is 10.6 Å². The lowest BCUT2D eigenvalue weighted by atomic mass is 10.2. The van der Waals surface area contributed by atoms with Crippen LogP contribution in [0, 0.1) is 5.82 Å². The third-order valence-corrected chi connectivity index (χ3v) is 5.91. The molecule has 1 aliphatic rings. The molecule has 8 heteroatoms. The number of likely N-dealkylation sites (N-methyl/N-ethyl adjacent to an activating group) is 1. The topological polar surface area (TPSA) is 66.6 Å². The molecule has 1 saturated heterocycles. The Labute approximate surface area is 129 Å². The van der Waals surface area contributed by atoms with E-state index >= 15 is 0 Å². The number of benzene rings is 1. The Morgan fingerprint density at radius 3 is 2.67 bits per heavy atom. The van der Waals surface area contributed by atoms with Crippen LogP contribution in [-0.4, -0.2) is 50.8 Å². The van der Waals surface area contributed by atoms with Gasteiger partial charge in [-0.2, -0.15) is 4.31 Å². The highest BCUT2D eigenvalue weighted by molar-refractivity contribution is 7.89. The molecule has 0 radical (unpaired) electrons. The third kappa shape index (κ3) is 3.54. The Balaban J connectivity index is 2.37. The fraction of sp³-hybridized carbons (Fsp3) is 0.538. The quantitative estimate of drug-likeness (QED) is 0.903. The minimum atomic E-state index is -3.73. The normalized spacial score (nSPS) is 18.7. The van der Waals surface area contributed by atoms with Gasteiger partial charge in [0, 0.05) is 26.2 Å². The van der Waals surface area contributed by atoms with Crippen LogP contribution in [0.3, 0.4) is 0 Å². The van der Waals surface area contributed by atoms with Gasteiger partial charge >= 0.3 is 0 Å². The Morgan fingerprint density at radius 1 is 1.29 bits per heavy atom. The van der Waals surface area contributed by atoms with Gasteiger partial charge in [0.1, 0.15) is 5.82 Å². The van der Waals surface area contributed by atoms with Gasteiger partial charge in [-0.3, -0.25) is 0 Å². The number of nitrogens with zero attached hydrogens (tertiary/aromatic N) is 2. The van der Waals surface area contributed by atoms with Gasteiger partial charge in [-0.25, -0.2) is 12.8 Å². The van der Waals surface area contributed by atoms with Crippen LogP contribution in [0.1, 0.15) is 12.0 Å². The van der Waals surface area contributed by atoms with E-state index in [1.54, 1.807) is 0 Å². The summed E-state index contributed by atoms with van der Waals surface area (Å²) in [4.78, 5) is 1.98. The van der Waals surface area contributed by atoms with E-state index in [9.17, 15) is 12.8 Å². The molecule has 0 bridgehead atoms. The highest BCUT2D eigenvalue weighted by Crippen LogP contribution is 2.26. The molecule has 0 aliphatic carbocycles. The monoisotopic (exact) mass is 335 g/mol. The van der Waals surface area contributed by atoms with Crippen molar-refractivity contribution >= 4 is 21.6 Å². The van der Waals surface area contributed by atoms with Gasteiger partial charge in [0.25, 0.3) is 0 Å². The zero-order valence-corrected chi connectivity index (χ0v) is 13.4. The highest BCUT2D eigenvalue weighted by atomic mass is 35.5.